The Bertz CT molecular complexity index is 345. The van der Waals surface area contributed by atoms with Crippen LogP contribution in [0.4, 0.5) is 0 Å². The smallest absolute Gasteiger partial charge is 0.336 e. The zero-order valence-corrected chi connectivity index (χ0v) is 13.6. The fourth-order valence-corrected chi connectivity index (χ4v) is 1.99. The summed E-state index contributed by atoms with van der Waals surface area (Å²) in [6.07, 6.45) is 20.4. The molecule has 0 fully saturated rings. The van der Waals surface area contributed by atoms with Crippen LogP contribution >= 0.6 is 0 Å². The van der Waals surface area contributed by atoms with E-state index in [2.05, 4.69) is 48.3 Å². The van der Waals surface area contributed by atoms with E-state index in [0.29, 0.717) is 6.42 Å². The summed E-state index contributed by atoms with van der Waals surface area (Å²) < 4.78 is 0. The van der Waals surface area contributed by atoms with E-state index in [9.17, 15) is 4.79 Å². The third kappa shape index (κ3) is 13.6. The average Bonchev–Trinajstić information content (AvgIpc) is 2.51. The molecule has 0 radical (unpaired) electrons. The number of allylic oxidation sites excluding steroid dienone is 6. The minimum atomic E-state index is -1.11. The van der Waals surface area contributed by atoms with Crippen molar-refractivity contribution < 1.29 is 20.0 Å². The van der Waals surface area contributed by atoms with Crippen LogP contribution in [-0.2, 0) is 9.68 Å². The summed E-state index contributed by atoms with van der Waals surface area (Å²) in [7, 11) is 0. The lowest BCUT2D eigenvalue weighted by Gasteiger charge is -2.07. The molecular formula is C18H30O4. The van der Waals surface area contributed by atoms with Crippen LogP contribution in [0.3, 0.4) is 0 Å². The quantitative estimate of drug-likeness (QED) is 0.153. The predicted octanol–water partition coefficient (Wildman–Crippen LogP) is 5.13. The van der Waals surface area contributed by atoms with Gasteiger partial charge in [0.15, 0.2) is 6.10 Å². The van der Waals surface area contributed by atoms with Crippen molar-refractivity contribution in [1.29, 1.82) is 0 Å². The van der Waals surface area contributed by atoms with Gasteiger partial charge in [-0.3, -0.25) is 5.26 Å². The Kier molecular flexibility index (Phi) is 15.0. The standard InChI is InChI=1S/C18H30O4/c1-2-3-4-5-6-7-8-9-10-11-12-13-14-15-16-17(22-21)18(19)20/h3-4,7-10,17,21H,2,5-6,11-16H2,1H3,(H,19,20)/b4-3-,8-7+,10-9-/t17-/m0/s1. The van der Waals surface area contributed by atoms with Crippen LogP contribution < -0.4 is 0 Å². The molecule has 0 aliphatic carbocycles. The van der Waals surface area contributed by atoms with Gasteiger partial charge < -0.3 is 5.11 Å². The molecule has 0 saturated carbocycles. The largest absolute Gasteiger partial charge is 0.479 e. The van der Waals surface area contributed by atoms with Crippen molar-refractivity contribution in [2.24, 2.45) is 0 Å². The Morgan fingerprint density at radius 2 is 1.59 bits per heavy atom. The van der Waals surface area contributed by atoms with Crippen molar-refractivity contribution in [3.63, 3.8) is 0 Å². The maximum atomic E-state index is 10.6. The minimum absolute atomic E-state index is 0.358. The lowest BCUT2D eigenvalue weighted by atomic mass is 10.1. The number of carbonyl (C=O) groups is 1. The SMILES string of the molecule is CC/C=C\CC/C=C/C=C\CCCCCC[C@H](OO)C(=O)O. The van der Waals surface area contributed by atoms with Crippen LogP contribution in [-0.4, -0.2) is 22.4 Å². The fourth-order valence-electron chi connectivity index (χ4n) is 1.99. The molecule has 0 aromatic rings. The number of rotatable bonds is 14. The van der Waals surface area contributed by atoms with Crippen LogP contribution in [0.15, 0.2) is 36.5 Å². The van der Waals surface area contributed by atoms with Gasteiger partial charge in [0, 0.05) is 0 Å². The van der Waals surface area contributed by atoms with Crippen molar-refractivity contribution in [3.05, 3.63) is 36.5 Å². The molecule has 0 heterocycles. The van der Waals surface area contributed by atoms with E-state index in [1.807, 2.05) is 0 Å². The topological polar surface area (TPSA) is 66.8 Å². The predicted molar refractivity (Wildman–Crippen MR) is 89.8 cm³/mol. The molecule has 126 valence electrons. The summed E-state index contributed by atoms with van der Waals surface area (Å²) in [4.78, 5) is 14.5. The first-order chi connectivity index (χ1) is 10.7. The fraction of sp³-hybridized carbons (Fsp3) is 0.611. The lowest BCUT2D eigenvalue weighted by molar-refractivity contribution is -0.277. The highest BCUT2D eigenvalue weighted by molar-refractivity contribution is 5.72. The first-order valence-corrected chi connectivity index (χ1v) is 8.22. The third-order valence-electron chi connectivity index (χ3n) is 3.28. The number of hydrogen-bond acceptors (Lipinski definition) is 3. The molecule has 4 nitrogen and oxygen atoms in total. The molecule has 0 amide bonds. The zero-order chi connectivity index (χ0) is 16.5. The summed E-state index contributed by atoms with van der Waals surface area (Å²) >= 11 is 0. The van der Waals surface area contributed by atoms with E-state index in [-0.39, 0.29) is 0 Å². The molecule has 0 aliphatic heterocycles. The van der Waals surface area contributed by atoms with Crippen LogP contribution in [0.5, 0.6) is 0 Å². The van der Waals surface area contributed by atoms with Crippen LogP contribution in [0, 0.1) is 0 Å². The van der Waals surface area contributed by atoms with Gasteiger partial charge in [-0.2, -0.15) is 0 Å². The summed E-state index contributed by atoms with van der Waals surface area (Å²) in [5, 5.41) is 17.1. The van der Waals surface area contributed by atoms with Crippen LogP contribution in [0.2, 0.25) is 0 Å². The van der Waals surface area contributed by atoms with Gasteiger partial charge in [-0.1, -0.05) is 62.6 Å². The third-order valence-corrected chi connectivity index (χ3v) is 3.28. The molecule has 0 spiro atoms. The highest BCUT2D eigenvalue weighted by Crippen LogP contribution is 2.09. The van der Waals surface area contributed by atoms with Crippen LogP contribution in [0.25, 0.3) is 0 Å². The van der Waals surface area contributed by atoms with Gasteiger partial charge in [-0.15, -0.1) is 0 Å². The Morgan fingerprint density at radius 3 is 2.23 bits per heavy atom. The first-order valence-electron chi connectivity index (χ1n) is 8.22. The molecule has 2 N–H and O–H groups in total. The zero-order valence-electron chi connectivity index (χ0n) is 13.6. The normalized spacial score (nSPS) is 13.5. The molecule has 0 saturated heterocycles. The van der Waals surface area contributed by atoms with E-state index in [4.69, 9.17) is 10.4 Å². The highest BCUT2D eigenvalue weighted by Gasteiger charge is 2.16. The van der Waals surface area contributed by atoms with E-state index in [1.54, 1.807) is 0 Å². The van der Waals surface area contributed by atoms with E-state index >= 15 is 0 Å². The van der Waals surface area contributed by atoms with Crippen molar-refractivity contribution in [3.8, 4) is 0 Å². The maximum Gasteiger partial charge on any atom is 0.336 e. The summed E-state index contributed by atoms with van der Waals surface area (Å²) in [5.41, 5.74) is 0. The van der Waals surface area contributed by atoms with Gasteiger partial charge in [0.1, 0.15) is 0 Å². The van der Waals surface area contributed by atoms with Gasteiger partial charge in [-0.05, 0) is 38.5 Å². The molecule has 0 unspecified atom stereocenters. The van der Waals surface area contributed by atoms with E-state index in [0.717, 1.165) is 51.4 Å². The number of hydrogen-bond donors (Lipinski definition) is 2. The molecule has 1 atom stereocenters. The number of aliphatic carboxylic acids is 1. The number of carboxylic acid groups (broad SMARTS) is 1. The molecule has 4 heteroatoms. The second kappa shape index (κ2) is 16.0. The summed E-state index contributed by atoms with van der Waals surface area (Å²) in [5.74, 6) is -1.11. The molecule has 0 rings (SSSR count). The Labute approximate surface area is 134 Å². The molecule has 0 aromatic carbocycles. The van der Waals surface area contributed by atoms with Gasteiger partial charge in [0.25, 0.3) is 0 Å². The summed E-state index contributed by atoms with van der Waals surface area (Å²) in [6.45, 7) is 2.14. The van der Waals surface area contributed by atoms with Crippen molar-refractivity contribution in [1.82, 2.24) is 0 Å². The van der Waals surface area contributed by atoms with Crippen molar-refractivity contribution in [2.75, 3.05) is 0 Å². The van der Waals surface area contributed by atoms with Gasteiger partial charge in [-0.25, -0.2) is 9.68 Å². The van der Waals surface area contributed by atoms with E-state index in [1.165, 1.54) is 0 Å². The van der Waals surface area contributed by atoms with Crippen molar-refractivity contribution >= 4 is 5.97 Å². The Morgan fingerprint density at radius 1 is 0.955 bits per heavy atom. The molecule has 0 bridgehead atoms. The average molecular weight is 310 g/mol. The molecule has 0 aliphatic rings. The second-order valence-corrected chi connectivity index (χ2v) is 5.24. The van der Waals surface area contributed by atoms with Gasteiger partial charge in [0.2, 0.25) is 0 Å². The molecular weight excluding hydrogens is 280 g/mol. The van der Waals surface area contributed by atoms with Gasteiger partial charge >= 0.3 is 5.97 Å². The summed E-state index contributed by atoms with van der Waals surface area (Å²) in [6, 6.07) is 0. The number of unbranched alkanes of at least 4 members (excludes halogenated alkanes) is 5. The first kappa shape index (κ1) is 20.6. The highest BCUT2D eigenvalue weighted by atomic mass is 17.1. The molecule has 0 aromatic heterocycles. The van der Waals surface area contributed by atoms with Crippen LogP contribution in [0.1, 0.15) is 64.7 Å². The maximum absolute atomic E-state index is 10.6. The molecule has 22 heavy (non-hydrogen) atoms. The number of carboxylic acids is 1. The second-order valence-electron chi connectivity index (χ2n) is 5.24. The van der Waals surface area contributed by atoms with Gasteiger partial charge in [0.05, 0.1) is 0 Å². The monoisotopic (exact) mass is 310 g/mol. The Hall–Kier alpha value is -1.39. The minimum Gasteiger partial charge on any atom is -0.479 e. The van der Waals surface area contributed by atoms with E-state index < -0.39 is 12.1 Å². The lowest BCUT2D eigenvalue weighted by Crippen LogP contribution is -2.22. The van der Waals surface area contributed by atoms with Crippen molar-refractivity contribution in [2.45, 2.75) is 70.8 Å². The Balaban J connectivity index is 3.42.